The molecule has 6 nitrogen and oxygen atoms in total. The molecule has 2 aliphatic heterocycles. The SMILES string of the molecule is O=C(NCc1ccc(CN2CCOCC2)cc1)[C@@H]1COc2ccccc2O1. The number of para-hydroxylation sites is 2. The summed E-state index contributed by atoms with van der Waals surface area (Å²) in [6.45, 7) is 5.19. The summed E-state index contributed by atoms with van der Waals surface area (Å²) >= 11 is 0. The quantitative estimate of drug-likeness (QED) is 0.875. The molecule has 0 saturated carbocycles. The number of rotatable bonds is 5. The average molecular weight is 368 g/mol. The molecule has 2 aliphatic rings. The van der Waals surface area contributed by atoms with Crippen molar-refractivity contribution in [3.63, 3.8) is 0 Å². The third kappa shape index (κ3) is 4.59. The lowest BCUT2D eigenvalue weighted by atomic mass is 10.1. The number of nitrogens with zero attached hydrogens (tertiary/aromatic N) is 1. The van der Waals surface area contributed by atoms with Crippen LogP contribution in [0.5, 0.6) is 11.5 Å². The van der Waals surface area contributed by atoms with Gasteiger partial charge in [0.05, 0.1) is 13.2 Å². The summed E-state index contributed by atoms with van der Waals surface area (Å²) < 4.78 is 16.7. The van der Waals surface area contributed by atoms with Gasteiger partial charge in [0.15, 0.2) is 11.5 Å². The molecule has 0 aliphatic carbocycles. The van der Waals surface area contributed by atoms with Crippen molar-refractivity contribution in [3.8, 4) is 11.5 Å². The molecule has 27 heavy (non-hydrogen) atoms. The normalized spacial score (nSPS) is 19.5. The number of ether oxygens (including phenoxy) is 3. The first-order valence-corrected chi connectivity index (χ1v) is 9.32. The van der Waals surface area contributed by atoms with Crippen LogP contribution in [0.15, 0.2) is 48.5 Å². The molecule has 6 heteroatoms. The number of nitrogens with one attached hydrogen (secondary N) is 1. The second kappa shape index (κ2) is 8.41. The number of hydrogen-bond donors (Lipinski definition) is 1. The molecule has 0 unspecified atom stereocenters. The Kier molecular flexibility index (Phi) is 5.55. The molecule has 4 rings (SSSR count). The second-order valence-corrected chi connectivity index (χ2v) is 6.79. The largest absolute Gasteiger partial charge is 0.485 e. The third-order valence-corrected chi connectivity index (χ3v) is 4.80. The summed E-state index contributed by atoms with van der Waals surface area (Å²) in [4.78, 5) is 14.8. The lowest BCUT2D eigenvalue weighted by molar-refractivity contribution is -0.130. The van der Waals surface area contributed by atoms with Gasteiger partial charge in [0.1, 0.15) is 6.61 Å². The smallest absolute Gasteiger partial charge is 0.264 e. The number of hydrogen-bond acceptors (Lipinski definition) is 5. The predicted molar refractivity (Wildman–Crippen MR) is 101 cm³/mol. The molecule has 0 spiro atoms. The Labute approximate surface area is 159 Å². The lowest BCUT2D eigenvalue weighted by Crippen LogP contribution is -2.43. The van der Waals surface area contributed by atoms with Gasteiger partial charge in [-0.3, -0.25) is 9.69 Å². The Hall–Kier alpha value is -2.57. The number of benzene rings is 2. The first-order chi connectivity index (χ1) is 13.3. The van der Waals surface area contributed by atoms with E-state index < -0.39 is 6.10 Å². The van der Waals surface area contributed by atoms with Crippen molar-refractivity contribution in [3.05, 3.63) is 59.7 Å². The van der Waals surface area contributed by atoms with Crippen molar-refractivity contribution in [2.24, 2.45) is 0 Å². The minimum absolute atomic E-state index is 0.165. The van der Waals surface area contributed by atoms with Gasteiger partial charge in [-0.2, -0.15) is 0 Å². The summed E-state index contributed by atoms with van der Waals surface area (Å²) in [7, 11) is 0. The Balaban J connectivity index is 1.26. The maximum atomic E-state index is 12.4. The second-order valence-electron chi connectivity index (χ2n) is 6.79. The standard InChI is InChI=1S/C21H24N2O4/c24-21(20-15-26-18-3-1-2-4-19(18)27-20)22-13-16-5-7-17(8-6-16)14-23-9-11-25-12-10-23/h1-8,20H,9-15H2,(H,22,24)/t20-/m0/s1. The third-order valence-electron chi connectivity index (χ3n) is 4.80. The zero-order chi connectivity index (χ0) is 18.5. The molecule has 1 atom stereocenters. The molecular weight excluding hydrogens is 344 g/mol. The van der Waals surface area contributed by atoms with Crippen LogP contribution < -0.4 is 14.8 Å². The fourth-order valence-electron chi connectivity index (χ4n) is 3.23. The van der Waals surface area contributed by atoms with Gasteiger partial charge in [0, 0.05) is 26.2 Å². The summed E-state index contributed by atoms with van der Waals surface area (Å²) in [5.74, 6) is 1.12. The highest BCUT2D eigenvalue weighted by Crippen LogP contribution is 2.30. The fourth-order valence-corrected chi connectivity index (χ4v) is 3.23. The van der Waals surface area contributed by atoms with Gasteiger partial charge in [0.25, 0.3) is 5.91 Å². The maximum absolute atomic E-state index is 12.4. The van der Waals surface area contributed by atoms with E-state index in [1.165, 1.54) is 5.56 Å². The first kappa shape index (κ1) is 17.8. The van der Waals surface area contributed by atoms with Crippen LogP contribution >= 0.6 is 0 Å². The Morgan fingerprint density at radius 1 is 1.00 bits per heavy atom. The van der Waals surface area contributed by atoms with Gasteiger partial charge in [-0.1, -0.05) is 36.4 Å². The van der Waals surface area contributed by atoms with Crippen molar-refractivity contribution < 1.29 is 19.0 Å². The van der Waals surface area contributed by atoms with Crippen LogP contribution in [-0.4, -0.2) is 49.8 Å². The minimum Gasteiger partial charge on any atom is -0.485 e. The van der Waals surface area contributed by atoms with E-state index in [1.54, 1.807) is 0 Å². The molecule has 1 fully saturated rings. The zero-order valence-corrected chi connectivity index (χ0v) is 15.2. The molecule has 1 amide bonds. The van der Waals surface area contributed by atoms with Crippen LogP contribution in [0.4, 0.5) is 0 Å². The summed E-state index contributed by atoms with van der Waals surface area (Å²) in [5.41, 5.74) is 2.33. The molecule has 1 N–H and O–H groups in total. The van der Waals surface area contributed by atoms with Crippen LogP contribution in [0, 0.1) is 0 Å². The summed E-state index contributed by atoms with van der Waals surface area (Å²) in [6.07, 6.45) is -0.625. The number of amides is 1. The van der Waals surface area contributed by atoms with E-state index >= 15 is 0 Å². The zero-order valence-electron chi connectivity index (χ0n) is 15.2. The fraction of sp³-hybridized carbons (Fsp3) is 0.381. The Morgan fingerprint density at radius 3 is 2.48 bits per heavy atom. The van der Waals surface area contributed by atoms with Crippen LogP contribution in [0.25, 0.3) is 0 Å². The predicted octanol–water partition coefficient (Wildman–Crippen LogP) is 1.97. The van der Waals surface area contributed by atoms with Crippen molar-refractivity contribution >= 4 is 5.91 Å². The van der Waals surface area contributed by atoms with E-state index in [-0.39, 0.29) is 12.5 Å². The minimum atomic E-state index is -0.625. The number of carbonyl (C=O) groups is 1. The van der Waals surface area contributed by atoms with E-state index in [0.29, 0.717) is 18.0 Å². The van der Waals surface area contributed by atoms with Gasteiger partial charge in [0.2, 0.25) is 6.10 Å². The molecule has 1 saturated heterocycles. The van der Waals surface area contributed by atoms with Crippen molar-refractivity contribution in [2.45, 2.75) is 19.2 Å². The van der Waals surface area contributed by atoms with Crippen LogP contribution in [0.3, 0.4) is 0 Å². The van der Waals surface area contributed by atoms with Gasteiger partial charge in [-0.15, -0.1) is 0 Å². The summed E-state index contributed by atoms with van der Waals surface area (Å²) in [6, 6.07) is 15.7. The molecule has 0 radical (unpaired) electrons. The van der Waals surface area contributed by atoms with Gasteiger partial charge >= 0.3 is 0 Å². The molecule has 2 aromatic rings. The monoisotopic (exact) mass is 368 g/mol. The van der Waals surface area contributed by atoms with Crippen LogP contribution in [0.1, 0.15) is 11.1 Å². The summed E-state index contributed by atoms with van der Waals surface area (Å²) in [5, 5.41) is 2.93. The highest BCUT2D eigenvalue weighted by molar-refractivity contribution is 5.81. The number of carbonyl (C=O) groups excluding carboxylic acids is 1. The lowest BCUT2D eigenvalue weighted by Gasteiger charge is -2.26. The van der Waals surface area contributed by atoms with Crippen molar-refractivity contribution in [1.29, 1.82) is 0 Å². The molecular formula is C21H24N2O4. The average Bonchev–Trinajstić information content (AvgIpc) is 2.73. The van der Waals surface area contributed by atoms with Gasteiger partial charge in [-0.25, -0.2) is 0 Å². The Bertz CT molecular complexity index is 772. The van der Waals surface area contributed by atoms with Crippen molar-refractivity contribution in [1.82, 2.24) is 10.2 Å². The van der Waals surface area contributed by atoms with E-state index in [1.807, 2.05) is 24.3 Å². The van der Waals surface area contributed by atoms with Crippen LogP contribution in [-0.2, 0) is 22.6 Å². The van der Waals surface area contributed by atoms with Crippen LogP contribution in [0.2, 0.25) is 0 Å². The van der Waals surface area contributed by atoms with Gasteiger partial charge in [-0.05, 0) is 23.3 Å². The first-order valence-electron chi connectivity index (χ1n) is 9.32. The molecule has 2 heterocycles. The van der Waals surface area contributed by atoms with Gasteiger partial charge < -0.3 is 19.5 Å². The maximum Gasteiger partial charge on any atom is 0.264 e. The molecule has 2 aromatic carbocycles. The van der Waals surface area contributed by atoms with E-state index in [9.17, 15) is 4.79 Å². The van der Waals surface area contributed by atoms with E-state index in [2.05, 4.69) is 34.5 Å². The van der Waals surface area contributed by atoms with E-state index in [0.717, 1.165) is 38.4 Å². The highest BCUT2D eigenvalue weighted by Gasteiger charge is 2.26. The molecule has 142 valence electrons. The Morgan fingerprint density at radius 2 is 1.70 bits per heavy atom. The van der Waals surface area contributed by atoms with Crippen molar-refractivity contribution in [2.75, 3.05) is 32.9 Å². The molecule has 0 bridgehead atoms. The number of fused-ring (bicyclic) bond motifs is 1. The number of morpholine rings is 1. The topological polar surface area (TPSA) is 60.0 Å². The highest BCUT2D eigenvalue weighted by atomic mass is 16.6. The molecule has 0 aromatic heterocycles. The van der Waals surface area contributed by atoms with E-state index in [4.69, 9.17) is 14.2 Å².